The summed E-state index contributed by atoms with van der Waals surface area (Å²) in [6.07, 6.45) is 16.2. The molecule has 1 amide bonds. The van der Waals surface area contributed by atoms with Crippen molar-refractivity contribution in [1.29, 1.82) is 0 Å². The maximum absolute atomic E-state index is 12.6. The molecule has 4 aliphatic carbocycles. The van der Waals surface area contributed by atoms with Gasteiger partial charge in [-0.25, -0.2) is 4.79 Å². The fraction of sp³-hybridized carbons (Fsp3) is 0.925. The highest BCUT2D eigenvalue weighted by Crippen LogP contribution is 2.67. The van der Waals surface area contributed by atoms with Crippen LogP contribution in [0.15, 0.2) is 11.6 Å². The predicted octanol–water partition coefficient (Wildman–Crippen LogP) is 8.14. The van der Waals surface area contributed by atoms with Crippen molar-refractivity contribution in [3.8, 4) is 0 Å². The Kier molecular flexibility index (Phi) is 17.5. The van der Waals surface area contributed by atoms with E-state index >= 15 is 0 Å². The Morgan fingerprint density at radius 3 is 2.08 bits per heavy atom. The fourth-order valence-electron chi connectivity index (χ4n) is 10.2. The number of hydrogen-bond acceptors (Lipinski definition) is 8. The zero-order chi connectivity index (χ0) is 35.1. The van der Waals surface area contributed by atoms with E-state index in [4.69, 9.17) is 28.4 Å². The van der Waals surface area contributed by atoms with Gasteiger partial charge in [0.15, 0.2) is 0 Å². The third kappa shape index (κ3) is 11.8. The second-order valence-electron chi connectivity index (χ2n) is 16.3. The summed E-state index contributed by atoms with van der Waals surface area (Å²) in [5.41, 5.74) is 2.34. The first-order chi connectivity index (χ1) is 23.7. The van der Waals surface area contributed by atoms with Crippen LogP contribution in [0, 0.1) is 46.3 Å². The Morgan fingerprint density at radius 1 is 0.816 bits per heavy atom. The maximum atomic E-state index is 12.6. The molecule has 0 aliphatic heterocycles. The van der Waals surface area contributed by atoms with Crippen LogP contribution in [0.3, 0.4) is 0 Å². The number of hydrogen-bond donors (Lipinski definition) is 2. The summed E-state index contributed by atoms with van der Waals surface area (Å²) < 4.78 is 33.3. The average Bonchev–Trinajstić information content (AvgIpc) is 3.43. The molecule has 1 unspecified atom stereocenters. The summed E-state index contributed by atoms with van der Waals surface area (Å²) in [5.74, 6) is 5.76. The van der Waals surface area contributed by atoms with Crippen LogP contribution in [0.25, 0.3) is 0 Å². The Morgan fingerprint density at radius 2 is 1.45 bits per heavy atom. The van der Waals surface area contributed by atoms with Crippen LogP contribution in [-0.2, 0) is 28.4 Å². The zero-order valence-corrected chi connectivity index (χ0v) is 32.6. The molecular formula is C40H71NO7S. The molecule has 3 fully saturated rings. The minimum absolute atomic E-state index is 0.0348. The third-order valence-corrected chi connectivity index (χ3v) is 13.0. The molecule has 0 radical (unpaired) electrons. The minimum Gasteiger partial charge on any atom is -0.446 e. The van der Waals surface area contributed by atoms with Crippen LogP contribution in [0.1, 0.15) is 105 Å². The first-order valence-electron chi connectivity index (χ1n) is 19.8. The number of alkyl carbamates (subject to hydrolysis) is 1. The standard InChI is InChI=1S/C40H71NO7S/c1-30(2)7-6-8-31(3)35-11-12-36-34-10-9-32-29-33(13-15-39(32,4)37(34)14-16-40(35,36)5)48-38(42)41-17-18-43-19-20-44-21-22-45-23-24-46-25-26-47-27-28-49/h9,30-31,33-37,49H,6-8,10-29H2,1-5H3,(H,41,42)/t31-,33?,34+,35-,36+,37+,39+,40-/m1/s1. The van der Waals surface area contributed by atoms with Crippen LogP contribution in [-0.4, -0.2) is 90.6 Å². The summed E-state index contributed by atoms with van der Waals surface area (Å²) in [7, 11) is 0. The fourth-order valence-corrected chi connectivity index (χ4v) is 10.3. The molecule has 4 aliphatic rings. The molecule has 0 aromatic carbocycles. The molecule has 284 valence electrons. The molecule has 3 saturated carbocycles. The van der Waals surface area contributed by atoms with Crippen molar-refractivity contribution in [1.82, 2.24) is 5.32 Å². The van der Waals surface area contributed by atoms with Crippen LogP contribution in [0.4, 0.5) is 4.79 Å². The van der Waals surface area contributed by atoms with Crippen molar-refractivity contribution in [2.24, 2.45) is 46.3 Å². The van der Waals surface area contributed by atoms with Crippen LogP contribution >= 0.6 is 12.6 Å². The number of allylic oxidation sites excluding steroid dienone is 1. The maximum Gasteiger partial charge on any atom is 0.407 e. The van der Waals surface area contributed by atoms with Gasteiger partial charge in [0.25, 0.3) is 0 Å². The van der Waals surface area contributed by atoms with Gasteiger partial charge in [0.1, 0.15) is 6.10 Å². The molecule has 0 bridgehead atoms. The van der Waals surface area contributed by atoms with Crippen molar-refractivity contribution < 1.29 is 33.2 Å². The second-order valence-corrected chi connectivity index (χ2v) is 16.7. The zero-order valence-electron chi connectivity index (χ0n) is 31.7. The number of thiol groups is 1. The van der Waals surface area contributed by atoms with E-state index in [2.05, 4.69) is 58.6 Å². The van der Waals surface area contributed by atoms with Crippen LogP contribution < -0.4 is 5.32 Å². The lowest BCUT2D eigenvalue weighted by molar-refractivity contribution is -0.0581. The number of fused-ring (bicyclic) bond motifs is 5. The summed E-state index contributed by atoms with van der Waals surface area (Å²) in [4.78, 5) is 12.6. The second kappa shape index (κ2) is 21.0. The van der Waals surface area contributed by atoms with E-state index in [9.17, 15) is 4.79 Å². The van der Waals surface area contributed by atoms with Crippen molar-refractivity contribution in [3.05, 3.63) is 11.6 Å². The summed E-state index contributed by atoms with van der Waals surface area (Å²) in [6, 6.07) is 0. The first-order valence-corrected chi connectivity index (χ1v) is 20.5. The van der Waals surface area contributed by atoms with Gasteiger partial charge in [-0.1, -0.05) is 65.5 Å². The normalized spacial score (nSPS) is 31.5. The van der Waals surface area contributed by atoms with Gasteiger partial charge in [-0.15, -0.1) is 0 Å². The van der Waals surface area contributed by atoms with Crippen molar-refractivity contribution in [3.63, 3.8) is 0 Å². The minimum atomic E-state index is -0.331. The van der Waals surface area contributed by atoms with Crippen molar-refractivity contribution in [2.75, 3.05) is 78.4 Å². The molecule has 8 atom stereocenters. The molecule has 9 heteroatoms. The van der Waals surface area contributed by atoms with E-state index in [1.807, 2.05) is 0 Å². The van der Waals surface area contributed by atoms with Gasteiger partial charge >= 0.3 is 6.09 Å². The summed E-state index contributed by atoms with van der Waals surface area (Å²) in [6.45, 7) is 18.2. The molecule has 0 saturated heterocycles. The van der Waals surface area contributed by atoms with Crippen LogP contribution in [0.5, 0.6) is 0 Å². The molecule has 49 heavy (non-hydrogen) atoms. The molecular weight excluding hydrogens is 639 g/mol. The number of rotatable bonds is 23. The topological polar surface area (TPSA) is 84.5 Å². The van der Waals surface area contributed by atoms with E-state index in [0.717, 1.165) is 60.5 Å². The van der Waals surface area contributed by atoms with Gasteiger partial charge in [0.2, 0.25) is 0 Å². The quantitative estimate of drug-likeness (QED) is 0.0630. The summed E-state index contributed by atoms with van der Waals surface area (Å²) in [5, 5.41) is 2.88. The van der Waals surface area contributed by atoms with E-state index in [1.54, 1.807) is 5.57 Å². The Hall–Kier alpha value is -0.840. The van der Waals surface area contributed by atoms with E-state index in [0.29, 0.717) is 78.0 Å². The van der Waals surface area contributed by atoms with Crippen LogP contribution in [0.2, 0.25) is 0 Å². The molecule has 1 N–H and O–H groups in total. The van der Waals surface area contributed by atoms with Gasteiger partial charge in [0.05, 0.1) is 66.1 Å². The highest BCUT2D eigenvalue weighted by Gasteiger charge is 2.59. The van der Waals surface area contributed by atoms with E-state index in [1.165, 1.54) is 51.4 Å². The lowest BCUT2D eigenvalue weighted by Gasteiger charge is -2.58. The lowest BCUT2D eigenvalue weighted by atomic mass is 9.47. The largest absolute Gasteiger partial charge is 0.446 e. The molecule has 0 heterocycles. The molecule has 0 spiro atoms. The van der Waals surface area contributed by atoms with Gasteiger partial charge in [-0.05, 0) is 91.3 Å². The van der Waals surface area contributed by atoms with Crippen molar-refractivity contribution in [2.45, 2.75) is 111 Å². The van der Waals surface area contributed by atoms with E-state index in [-0.39, 0.29) is 17.6 Å². The number of nitrogens with one attached hydrogen (secondary N) is 1. The monoisotopic (exact) mass is 709 g/mol. The van der Waals surface area contributed by atoms with E-state index < -0.39 is 0 Å². The first kappa shape index (κ1) is 40.9. The number of carbonyl (C=O) groups is 1. The molecule has 0 aromatic heterocycles. The van der Waals surface area contributed by atoms with Gasteiger partial charge < -0.3 is 33.7 Å². The molecule has 4 rings (SSSR count). The number of carbonyl (C=O) groups excluding carboxylic acids is 1. The molecule has 8 nitrogen and oxygen atoms in total. The third-order valence-electron chi connectivity index (χ3n) is 12.8. The SMILES string of the molecule is CC(C)CCC[C@@H](C)[C@H]1CC[C@H]2[C@@H]3CC=C4CC(OC(=O)NCCOCCOCCOCCOCCOCCS)CC[C@]4(C)[C@H]3CC[C@]12C. The number of amides is 1. The van der Waals surface area contributed by atoms with Gasteiger partial charge in [0, 0.05) is 18.7 Å². The Balaban J connectivity index is 1.07. The van der Waals surface area contributed by atoms with Crippen molar-refractivity contribution >= 4 is 18.7 Å². The van der Waals surface area contributed by atoms with Gasteiger partial charge in [-0.2, -0.15) is 12.6 Å². The average molecular weight is 710 g/mol. The molecule has 0 aromatic rings. The Labute approximate surface area is 304 Å². The highest BCUT2D eigenvalue weighted by molar-refractivity contribution is 7.80. The highest BCUT2D eigenvalue weighted by atomic mass is 32.1. The predicted molar refractivity (Wildman–Crippen MR) is 199 cm³/mol. The van der Waals surface area contributed by atoms with Gasteiger partial charge in [-0.3, -0.25) is 0 Å². The smallest absolute Gasteiger partial charge is 0.407 e. The Bertz CT molecular complexity index is 996. The summed E-state index contributed by atoms with van der Waals surface area (Å²) >= 11 is 4.09. The number of ether oxygens (including phenoxy) is 6. The lowest BCUT2D eigenvalue weighted by Crippen LogP contribution is -2.51.